The molecule has 3 nitrogen and oxygen atoms in total. The van der Waals surface area contributed by atoms with Gasteiger partial charge in [0.25, 0.3) is 0 Å². The van der Waals surface area contributed by atoms with E-state index in [1.165, 1.54) is 18.5 Å². The fourth-order valence-electron chi connectivity index (χ4n) is 2.64. The van der Waals surface area contributed by atoms with Crippen LogP contribution in [0.5, 0.6) is 0 Å². The van der Waals surface area contributed by atoms with Gasteiger partial charge in [0.15, 0.2) is 0 Å². The molecule has 1 aliphatic rings. The number of rotatable bonds is 3. The zero-order valence-electron chi connectivity index (χ0n) is 11.8. The van der Waals surface area contributed by atoms with Crippen molar-refractivity contribution < 1.29 is 0 Å². The molecule has 3 atom stereocenters. The van der Waals surface area contributed by atoms with E-state index in [0.29, 0.717) is 6.04 Å². The van der Waals surface area contributed by atoms with Gasteiger partial charge in [0.05, 0.1) is 17.6 Å². The van der Waals surface area contributed by atoms with Gasteiger partial charge in [-0.05, 0) is 44.2 Å². The average molecular weight is 247 g/mol. The largest absolute Gasteiger partial charge is 0.367 e. The van der Waals surface area contributed by atoms with E-state index < -0.39 is 0 Å². The van der Waals surface area contributed by atoms with Crippen molar-refractivity contribution in [2.24, 2.45) is 11.7 Å². The second-order valence-corrected chi connectivity index (χ2v) is 5.64. The van der Waals surface area contributed by atoms with Crippen molar-refractivity contribution in [3.63, 3.8) is 0 Å². The molecule has 0 aliphatic carbocycles. The molecule has 18 heavy (non-hydrogen) atoms. The molecule has 0 saturated carbocycles. The van der Waals surface area contributed by atoms with E-state index >= 15 is 0 Å². The van der Waals surface area contributed by atoms with Crippen LogP contribution in [0.15, 0.2) is 18.3 Å². The molecule has 3 heteroatoms. The van der Waals surface area contributed by atoms with Gasteiger partial charge in [-0.2, -0.15) is 0 Å². The Morgan fingerprint density at radius 3 is 2.78 bits per heavy atom. The highest BCUT2D eigenvalue weighted by atomic mass is 15.2. The van der Waals surface area contributed by atoms with Crippen LogP contribution in [-0.4, -0.2) is 17.6 Å². The maximum absolute atomic E-state index is 6.00. The third-order valence-electron chi connectivity index (χ3n) is 4.04. The number of nitrogens with two attached hydrogens (primary N) is 1. The summed E-state index contributed by atoms with van der Waals surface area (Å²) in [6.45, 7) is 7.86. The van der Waals surface area contributed by atoms with Crippen LogP contribution in [0.3, 0.4) is 0 Å². The van der Waals surface area contributed by atoms with Crippen molar-refractivity contribution in [3.8, 4) is 0 Å². The summed E-state index contributed by atoms with van der Waals surface area (Å²) < 4.78 is 0. The van der Waals surface area contributed by atoms with Crippen LogP contribution in [0.1, 0.15) is 51.8 Å². The Hall–Kier alpha value is -1.09. The molecule has 2 rings (SSSR count). The molecule has 1 aliphatic heterocycles. The Morgan fingerprint density at radius 1 is 1.39 bits per heavy atom. The molecular weight excluding hydrogens is 222 g/mol. The van der Waals surface area contributed by atoms with Gasteiger partial charge in [0.1, 0.15) is 0 Å². The number of nitrogens with zero attached hydrogens (tertiary/aromatic N) is 2. The smallest absolute Gasteiger partial charge is 0.0572 e. The molecule has 0 bridgehead atoms. The molecule has 1 aromatic heterocycles. The molecule has 0 amide bonds. The zero-order chi connectivity index (χ0) is 13.1. The van der Waals surface area contributed by atoms with Crippen molar-refractivity contribution in [1.82, 2.24) is 4.98 Å². The molecule has 2 N–H and O–H groups in total. The fourth-order valence-corrected chi connectivity index (χ4v) is 2.64. The summed E-state index contributed by atoms with van der Waals surface area (Å²) in [7, 11) is 0. The van der Waals surface area contributed by atoms with Crippen molar-refractivity contribution >= 4 is 5.69 Å². The summed E-state index contributed by atoms with van der Waals surface area (Å²) in [4.78, 5) is 6.99. The van der Waals surface area contributed by atoms with Gasteiger partial charge in [-0.15, -0.1) is 0 Å². The molecule has 1 fully saturated rings. The maximum atomic E-state index is 6.00. The number of hydrogen-bond donors (Lipinski definition) is 1. The van der Waals surface area contributed by atoms with Crippen molar-refractivity contribution in [3.05, 3.63) is 24.0 Å². The fraction of sp³-hybridized carbons (Fsp3) is 0.667. The van der Waals surface area contributed by atoms with E-state index in [0.717, 1.165) is 24.6 Å². The van der Waals surface area contributed by atoms with E-state index in [2.05, 4.69) is 42.8 Å². The number of pyridine rings is 1. The lowest BCUT2D eigenvalue weighted by atomic mass is 9.94. The number of hydrogen-bond acceptors (Lipinski definition) is 3. The van der Waals surface area contributed by atoms with Crippen LogP contribution < -0.4 is 10.6 Å². The lowest BCUT2D eigenvalue weighted by Crippen LogP contribution is -2.41. The third-order valence-corrected chi connectivity index (χ3v) is 4.04. The van der Waals surface area contributed by atoms with Crippen molar-refractivity contribution in [2.75, 3.05) is 11.4 Å². The summed E-state index contributed by atoms with van der Waals surface area (Å²) >= 11 is 0. The van der Waals surface area contributed by atoms with Crippen LogP contribution in [-0.2, 0) is 0 Å². The minimum absolute atomic E-state index is 0.0664. The van der Waals surface area contributed by atoms with Gasteiger partial charge in [-0.25, -0.2) is 0 Å². The lowest BCUT2D eigenvalue weighted by Gasteiger charge is -2.38. The van der Waals surface area contributed by atoms with E-state index in [4.69, 9.17) is 5.73 Å². The Morgan fingerprint density at radius 2 is 2.17 bits per heavy atom. The highest BCUT2D eigenvalue weighted by molar-refractivity contribution is 5.46. The van der Waals surface area contributed by atoms with Crippen LogP contribution in [0.4, 0.5) is 5.69 Å². The molecule has 0 spiro atoms. The van der Waals surface area contributed by atoms with Gasteiger partial charge in [0, 0.05) is 18.6 Å². The minimum Gasteiger partial charge on any atom is -0.367 e. The highest BCUT2D eigenvalue weighted by Gasteiger charge is 2.23. The normalized spacial score (nSPS) is 26.1. The first kappa shape index (κ1) is 13.3. The minimum atomic E-state index is 0.0664. The van der Waals surface area contributed by atoms with Crippen LogP contribution in [0, 0.1) is 5.92 Å². The molecule has 2 heterocycles. The Bertz CT molecular complexity index is 374. The van der Waals surface area contributed by atoms with Crippen LogP contribution in [0.25, 0.3) is 0 Å². The van der Waals surface area contributed by atoms with Gasteiger partial charge in [-0.3, -0.25) is 4.98 Å². The molecule has 1 aromatic rings. The number of aromatic nitrogens is 1. The van der Waals surface area contributed by atoms with Crippen LogP contribution >= 0.6 is 0 Å². The predicted octanol–water partition coefficient (Wildman–Crippen LogP) is 3.12. The Balaban J connectivity index is 2.13. The SMILES string of the molecule is CC[C@H](N)c1ccc(N2CC(C)CCC2C)cn1. The van der Waals surface area contributed by atoms with Crippen molar-refractivity contribution in [2.45, 2.75) is 52.1 Å². The van der Waals surface area contributed by atoms with E-state index in [1.807, 2.05) is 6.20 Å². The summed E-state index contributed by atoms with van der Waals surface area (Å²) in [5.74, 6) is 0.777. The standard InChI is InChI=1S/C15H25N3/c1-4-14(16)15-8-7-13(9-17-15)18-10-11(2)5-6-12(18)3/h7-9,11-12,14H,4-6,10,16H2,1-3H3/t11?,12?,14-/m0/s1. The zero-order valence-corrected chi connectivity index (χ0v) is 11.8. The van der Waals surface area contributed by atoms with Crippen molar-refractivity contribution in [1.29, 1.82) is 0 Å². The first-order valence-corrected chi connectivity index (χ1v) is 7.10. The average Bonchev–Trinajstić information content (AvgIpc) is 2.41. The van der Waals surface area contributed by atoms with Gasteiger partial charge in [-0.1, -0.05) is 13.8 Å². The van der Waals surface area contributed by atoms with Gasteiger partial charge < -0.3 is 10.6 Å². The monoisotopic (exact) mass is 247 g/mol. The first-order valence-electron chi connectivity index (χ1n) is 7.10. The molecule has 0 aromatic carbocycles. The Labute approximate surface area is 110 Å². The maximum Gasteiger partial charge on any atom is 0.0572 e. The summed E-state index contributed by atoms with van der Waals surface area (Å²) in [6.07, 6.45) is 5.53. The quantitative estimate of drug-likeness (QED) is 0.892. The van der Waals surface area contributed by atoms with E-state index in [1.54, 1.807) is 0 Å². The van der Waals surface area contributed by atoms with Gasteiger partial charge in [0.2, 0.25) is 0 Å². The lowest BCUT2D eigenvalue weighted by molar-refractivity contribution is 0.390. The predicted molar refractivity (Wildman–Crippen MR) is 76.7 cm³/mol. The van der Waals surface area contributed by atoms with E-state index in [9.17, 15) is 0 Å². The summed E-state index contributed by atoms with van der Waals surface area (Å²) in [5.41, 5.74) is 8.23. The Kier molecular flexibility index (Phi) is 4.23. The van der Waals surface area contributed by atoms with Crippen LogP contribution in [0.2, 0.25) is 0 Å². The molecule has 100 valence electrons. The molecule has 1 saturated heterocycles. The second kappa shape index (κ2) is 5.70. The third kappa shape index (κ3) is 2.83. The highest BCUT2D eigenvalue weighted by Crippen LogP contribution is 2.27. The van der Waals surface area contributed by atoms with E-state index in [-0.39, 0.29) is 6.04 Å². The second-order valence-electron chi connectivity index (χ2n) is 5.64. The molecule has 0 radical (unpaired) electrons. The summed E-state index contributed by atoms with van der Waals surface area (Å²) in [5, 5.41) is 0. The van der Waals surface area contributed by atoms with Gasteiger partial charge >= 0.3 is 0 Å². The molecular formula is C15H25N3. The molecule has 2 unspecified atom stereocenters. The topological polar surface area (TPSA) is 42.1 Å². The summed E-state index contributed by atoms with van der Waals surface area (Å²) in [6, 6.07) is 4.94. The first-order chi connectivity index (χ1) is 8.61. The number of anilines is 1. The number of piperidine rings is 1.